The predicted octanol–water partition coefficient (Wildman–Crippen LogP) is 3.70. The Morgan fingerprint density at radius 2 is 1.67 bits per heavy atom. The molecule has 0 fully saturated rings. The molecule has 12 nitrogen and oxygen atoms in total. The molecule has 0 unspecified atom stereocenters. The minimum absolute atomic E-state index is 0.105. The number of nitrogens with zero attached hydrogens (tertiary/aromatic N) is 4. The monoisotopic (exact) mass is 565 g/mol. The molecule has 2 aromatic carbocycles. The fraction of sp³-hybridized carbons (Fsp3) is 0.130. The van der Waals surface area contributed by atoms with E-state index >= 15 is 0 Å². The van der Waals surface area contributed by atoms with Gasteiger partial charge in [0.1, 0.15) is 23.7 Å². The van der Waals surface area contributed by atoms with Crippen molar-refractivity contribution in [3.05, 3.63) is 73.3 Å². The van der Waals surface area contributed by atoms with Crippen molar-refractivity contribution < 1.29 is 36.2 Å². The largest absolute Gasteiger partial charge is 0.495 e. The van der Waals surface area contributed by atoms with Gasteiger partial charge in [0.05, 0.1) is 23.4 Å². The van der Waals surface area contributed by atoms with Gasteiger partial charge in [-0.15, -0.1) is 0 Å². The number of hydrogen-bond donors (Lipinski definition) is 4. The van der Waals surface area contributed by atoms with E-state index in [1.54, 1.807) is 23.0 Å². The van der Waals surface area contributed by atoms with Crippen LogP contribution in [0.1, 0.15) is 0 Å². The summed E-state index contributed by atoms with van der Waals surface area (Å²) in [5, 5.41) is 17.6. The number of benzene rings is 2. The second-order valence-corrected chi connectivity index (χ2v) is 9.30. The summed E-state index contributed by atoms with van der Waals surface area (Å²) in [6.45, 7) is 0. The lowest BCUT2D eigenvalue weighted by Gasteiger charge is -2.13. The number of alkyl halides is 3. The third kappa shape index (κ3) is 7.89. The minimum atomic E-state index is -5.08. The van der Waals surface area contributed by atoms with Gasteiger partial charge in [0.15, 0.2) is 0 Å². The number of aliphatic carboxylic acids is 1. The van der Waals surface area contributed by atoms with Gasteiger partial charge >= 0.3 is 12.1 Å². The second kappa shape index (κ2) is 12.2. The Hall–Kier alpha value is -4.70. The maximum atomic E-state index is 12.1. The Kier molecular flexibility index (Phi) is 9.05. The molecule has 0 amide bonds. The summed E-state index contributed by atoms with van der Waals surface area (Å²) >= 11 is 0. The second-order valence-electron chi connectivity index (χ2n) is 7.41. The normalized spacial score (nSPS) is 11.2. The first-order valence-corrected chi connectivity index (χ1v) is 12.3. The number of carboxylic acid groups (broad SMARTS) is 1. The van der Waals surface area contributed by atoms with E-state index in [1.807, 2.05) is 36.5 Å². The molecule has 206 valence electrons. The summed E-state index contributed by atoms with van der Waals surface area (Å²) in [5.74, 6) is -1.25. The van der Waals surface area contributed by atoms with Crippen LogP contribution in [0, 0.1) is 0 Å². The number of hydrogen-bond acceptors (Lipinski definition) is 9. The van der Waals surface area contributed by atoms with Crippen molar-refractivity contribution >= 4 is 39.0 Å². The van der Waals surface area contributed by atoms with Crippen molar-refractivity contribution in [1.82, 2.24) is 24.5 Å². The number of sulfonamides is 1. The highest BCUT2D eigenvalue weighted by molar-refractivity contribution is 7.89. The fourth-order valence-corrected chi connectivity index (χ4v) is 3.72. The van der Waals surface area contributed by atoms with Crippen molar-refractivity contribution in [3.8, 4) is 11.4 Å². The standard InChI is InChI=1S/C21H21N7O3S.C2HF3O2/c1-22-32(29,30)17-8-9-19(31-2)18(12-17)27-21-13-20(23-14-24-21)26-15-4-6-16(7-5-15)28-11-3-10-25-28;3-2(4,5)1(6)7/h3-14,22H,1-2H3,(H2,23,24,26,27);(H,6,7). The SMILES string of the molecule is CNS(=O)(=O)c1ccc(OC)c(Nc2cc(Nc3ccc(-n4cccn4)cc3)ncn2)c1.O=C(O)C(F)(F)F. The summed E-state index contributed by atoms with van der Waals surface area (Å²) < 4.78 is 65.4. The zero-order chi connectivity index (χ0) is 28.6. The van der Waals surface area contributed by atoms with Crippen LogP contribution < -0.4 is 20.1 Å². The lowest BCUT2D eigenvalue weighted by molar-refractivity contribution is -0.192. The number of halogens is 3. The number of anilines is 4. The molecule has 0 radical (unpaired) electrons. The molecule has 0 saturated carbocycles. The fourth-order valence-electron chi connectivity index (χ4n) is 2.97. The highest BCUT2D eigenvalue weighted by Gasteiger charge is 2.38. The van der Waals surface area contributed by atoms with E-state index < -0.39 is 22.2 Å². The number of aromatic nitrogens is 4. The van der Waals surface area contributed by atoms with E-state index in [-0.39, 0.29) is 4.90 Å². The molecule has 4 rings (SSSR count). The predicted molar refractivity (Wildman–Crippen MR) is 135 cm³/mol. The average Bonchev–Trinajstić information content (AvgIpc) is 3.44. The number of ether oxygens (including phenoxy) is 1. The van der Waals surface area contributed by atoms with E-state index in [0.717, 1.165) is 11.4 Å². The molecule has 0 aliphatic heterocycles. The molecule has 2 aromatic heterocycles. The smallest absolute Gasteiger partial charge is 0.490 e. The van der Waals surface area contributed by atoms with Gasteiger partial charge in [-0.05, 0) is 55.6 Å². The Morgan fingerprint density at radius 1 is 1.03 bits per heavy atom. The molecule has 0 atom stereocenters. The highest BCUT2D eigenvalue weighted by Crippen LogP contribution is 2.30. The van der Waals surface area contributed by atoms with Crippen LogP contribution in [0.3, 0.4) is 0 Å². The van der Waals surface area contributed by atoms with Crippen LogP contribution in [-0.4, -0.2) is 59.6 Å². The molecule has 4 N–H and O–H groups in total. The number of methoxy groups -OCH3 is 1. The topological polar surface area (TPSA) is 160 Å². The summed E-state index contributed by atoms with van der Waals surface area (Å²) in [6, 6.07) is 15.8. The third-order valence-corrected chi connectivity index (χ3v) is 6.24. The summed E-state index contributed by atoms with van der Waals surface area (Å²) in [4.78, 5) is 17.5. The average molecular weight is 566 g/mol. The molecule has 0 bridgehead atoms. The van der Waals surface area contributed by atoms with Crippen LogP contribution in [0.2, 0.25) is 0 Å². The number of rotatable bonds is 8. The van der Waals surface area contributed by atoms with Crippen LogP contribution in [0.4, 0.5) is 36.2 Å². The van der Waals surface area contributed by atoms with Gasteiger partial charge < -0.3 is 20.5 Å². The van der Waals surface area contributed by atoms with Crippen LogP contribution in [-0.2, 0) is 14.8 Å². The molecular formula is C23H22F3N7O5S. The quantitative estimate of drug-likeness (QED) is 0.248. The van der Waals surface area contributed by atoms with Gasteiger partial charge in [0.2, 0.25) is 10.0 Å². The lowest BCUT2D eigenvalue weighted by atomic mass is 10.2. The number of carbonyl (C=O) groups is 1. The zero-order valence-electron chi connectivity index (χ0n) is 20.3. The van der Waals surface area contributed by atoms with Gasteiger partial charge in [-0.1, -0.05) is 0 Å². The minimum Gasteiger partial charge on any atom is -0.495 e. The summed E-state index contributed by atoms with van der Waals surface area (Å²) in [7, 11) is -0.739. The van der Waals surface area contributed by atoms with E-state index in [9.17, 15) is 21.6 Å². The molecule has 0 aliphatic rings. The summed E-state index contributed by atoms with van der Waals surface area (Å²) in [6.07, 6.45) is -0.0836. The maximum absolute atomic E-state index is 12.1. The van der Waals surface area contributed by atoms with Gasteiger partial charge in [-0.3, -0.25) is 0 Å². The zero-order valence-corrected chi connectivity index (χ0v) is 21.2. The van der Waals surface area contributed by atoms with Crippen LogP contribution >= 0.6 is 0 Å². The van der Waals surface area contributed by atoms with Gasteiger partial charge in [0.25, 0.3) is 0 Å². The molecule has 4 aromatic rings. The first-order chi connectivity index (χ1) is 18.4. The van der Waals surface area contributed by atoms with Crippen LogP contribution in [0.5, 0.6) is 5.75 Å². The Bertz CT molecular complexity index is 1510. The number of carboxylic acids is 1. The third-order valence-electron chi connectivity index (χ3n) is 4.83. The van der Waals surface area contributed by atoms with E-state index in [0.29, 0.717) is 23.1 Å². The lowest BCUT2D eigenvalue weighted by Crippen LogP contribution is -2.21. The van der Waals surface area contributed by atoms with E-state index in [1.165, 1.54) is 32.6 Å². The highest BCUT2D eigenvalue weighted by atomic mass is 32.2. The van der Waals surface area contributed by atoms with Crippen molar-refractivity contribution in [1.29, 1.82) is 0 Å². The maximum Gasteiger partial charge on any atom is 0.490 e. The molecule has 2 heterocycles. The van der Waals surface area contributed by atoms with Crippen molar-refractivity contribution in [2.24, 2.45) is 0 Å². The van der Waals surface area contributed by atoms with Gasteiger partial charge in [-0.2, -0.15) is 18.3 Å². The molecule has 39 heavy (non-hydrogen) atoms. The first-order valence-electron chi connectivity index (χ1n) is 10.8. The Balaban J connectivity index is 0.000000532. The molecule has 0 aliphatic carbocycles. The molecule has 0 spiro atoms. The van der Waals surface area contributed by atoms with Gasteiger partial charge in [0, 0.05) is 24.1 Å². The Morgan fingerprint density at radius 3 is 2.21 bits per heavy atom. The molecular weight excluding hydrogens is 543 g/mol. The van der Waals surface area contributed by atoms with Crippen molar-refractivity contribution in [2.75, 3.05) is 24.8 Å². The van der Waals surface area contributed by atoms with E-state index in [4.69, 9.17) is 14.6 Å². The Labute approximate surface area is 220 Å². The number of nitrogens with one attached hydrogen (secondary N) is 3. The van der Waals surface area contributed by atoms with Crippen molar-refractivity contribution in [2.45, 2.75) is 11.1 Å². The van der Waals surface area contributed by atoms with Crippen LogP contribution in [0.15, 0.2) is 78.2 Å². The van der Waals surface area contributed by atoms with Crippen molar-refractivity contribution in [3.63, 3.8) is 0 Å². The van der Waals surface area contributed by atoms with Crippen LogP contribution in [0.25, 0.3) is 5.69 Å². The van der Waals surface area contributed by atoms with Gasteiger partial charge in [-0.25, -0.2) is 32.6 Å². The summed E-state index contributed by atoms with van der Waals surface area (Å²) in [5.41, 5.74) is 2.23. The first kappa shape index (κ1) is 28.9. The molecule has 16 heteroatoms. The van der Waals surface area contributed by atoms with E-state index in [2.05, 4.69) is 30.4 Å². The molecule has 0 saturated heterocycles.